The molecule has 204 valence electrons. The van der Waals surface area contributed by atoms with Crippen LogP contribution in [0.3, 0.4) is 0 Å². The van der Waals surface area contributed by atoms with Gasteiger partial charge in [-0.05, 0) is 55.7 Å². The summed E-state index contributed by atoms with van der Waals surface area (Å²) in [5, 5.41) is 10.4. The molecule has 2 amide bonds. The number of amides is 2. The summed E-state index contributed by atoms with van der Waals surface area (Å²) in [5.41, 5.74) is 7.81. The van der Waals surface area contributed by atoms with Crippen LogP contribution < -0.4 is 26.4 Å². The Morgan fingerprint density at radius 3 is 2.51 bits per heavy atom. The van der Waals surface area contributed by atoms with Gasteiger partial charge >= 0.3 is 12.0 Å². The number of carbonyl (C=O) groups excluding carboxylic acids is 1. The lowest BCUT2D eigenvalue weighted by Crippen LogP contribution is -2.37. The Bertz CT molecular complexity index is 1610. The van der Waals surface area contributed by atoms with Crippen LogP contribution in [0.5, 0.6) is 6.01 Å². The first-order valence-electron chi connectivity index (χ1n) is 12.6. The van der Waals surface area contributed by atoms with Crippen molar-refractivity contribution in [2.24, 2.45) is 11.8 Å². The van der Waals surface area contributed by atoms with Crippen molar-refractivity contribution in [3.63, 3.8) is 0 Å². The number of benzene rings is 1. The normalized spacial score (nSPS) is 22.5. The van der Waals surface area contributed by atoms with Crippen LogP contribution in [0, 0.1) is 11.8 Å². The van der Waals surface area contributed by atoms with Crippen LogP contribution in [0.1, 0.15) is 25.7 Å². The summed E-state index contributed by atoms with van der Waals surface area (Å²) in [5.74, 6) is 0.937. The number of methoxy groups -OCH3 is 1. The van der Waals surface area contributed by atoms with Gasteiger partial charge in [0.2, 0.25) is 5.13 Å². The zero-order valence-electron chi connectivity index (χ0n) is 21.1. The number of ether oxygens (including phenoxy) is 1. The van der Waals surface area contributed by atoms with Gasteiger partial charge in [-0.2, -0.15) is 4.98 Å². The topological polar surface area (TPSA) is 166 Å². The number of nitrogens with two attached hydrogens (primary N) is 1. The fourth-order valence-electron chi connectivity index (χ4n) is 5.86. The van der Waals surface area contributed by atoms with Gasteiger partial charge in [-0.1, -0.05) is 18.2 Å². The van der Waals surface area contributed by atoms with E-state index in [0.29, 0.717) is 39.4 Å². The molecule has 14 heteroatoms. The van der Waals surface area contributed by atoms with Gasteiger partial charge in [0.1, 0.15) is 0 Å². The minimum absolute atomic E-state index is 0.0886. The van der Waals surface area contributed by atoms with Gasteiger partial charge in [-0.15, -0.1) is 4.37 Å². The fraction of sp³-hybridized carbons (Fsp3) is 0.360. The van der Waals surface area contributed by atoms with Crippen molar-refractivity contribution >= 4 is 55.1 Å². The Balaban J connectivity index is 1.11. The van der Waals surface area contributed by atoms with Crippen LogP contribution in [-0.4, -0.2) is 52.0 Å². The summed E-state index contributed by atoms with van der Waals surface area (Å²) in [6, 6.07) is 10.2. The smallest absolute Gasteiger partial charge is 0.329 e. The lowest BCUT2D eigenvalue weighted by atomic mass is 10.0. The number of anilines is 3. The third-order valence-corrected chi connectivity index (χ3v) is 9.81. The van der Waals surface area contributed by atoms with E-state index in [-0.39, 0.29) is 29.0 Å². The maximum absolute atomic E-state index is 13.2. The van der Waals surface area contributed by atoms with Crippen LogP contribution in [0.25, 0.3) is 11.0 Å². The van der Waals surface area contributed by atoms with E-state index < -0.39 is 10.0 Å². The van der Waals surface area contributed by atoms with Crippen molar-refractivity contribution in [3.05, 3.63) is 48.8 Å². The predicted molar refractivity (Wildman–Crippen MR) is 148 cm³/mol. The largest absolute Gasteiger partial charge is 0.466 e. The number of nitrogens with one attached hydrogen (secondary N) is 3. The highest BCUT2D eigenvalue weighted by atomic mass is 32.2. The summed E-state index contributed by atoms with van der Waals surface area (Å²) < 4.78 is 36.6. The van der Waals surface area contributed by atoms with Crippen LogP contribution in [-0.2, 0) is 10.0 Å². The van der Waals surface area contributed by atoms with Crippen LogP contribution in [0.4, 0.5) is 21.3 Å². The molecule has 0 saturated heterocycles. The maximum atomic E-state index is 13.2. The molecule has 12 nitrogen and oxygen atoms in total. The van der Waals surface area contributed by atoms with Crippen molar-refractivity contribution in [3.8, 4) is 6.01 Å². The van der Waals surface area contributed by atoms with E-state index in [1.165, 1.54) is 23.5 Å². The molecular weight excluding hydrogens is 540 g/mol. The second-order valence-corrected chi connectivity index (χ2v) is 12.5. The lowest BCUT2D eigenvalue weighted by Gasteiger charge is -2.20. The molecule has 5 N–H and O–H groups in total. The zero-order chi connectivity index (χ0) is 27.1. The van der Waals surface area contributed by atoms with E-state index in [4.69, 9.17) is 10.5 Å². The molecule has 0 spiro atoms. The van der Waals surface area contributed by atoms with E-state index in [1.807, 2.05) is 0 Å². The molecule has 0 unspecified atom stereocenters. The maximum Gasteiger partial charge on any atom is 0.329 e. The van der Waals surface area contributed by atoms with Crippen molar-refractivity contribution in [2.75, 3.05) is 23.5 Å². The number of hydrogen-bond donors (Lipinski definition) is 4. The standard InChI is InChI=1S/C25H28N8O4S2/c1-37-24-31-25(38-32-24)30-23(34)29-17-11-14-9-16(10-15(14)12-17)28-21-19-7-8-33(22(19)27-13-20(21)26)39(35,36)18-5-3-2-4-6-18/h2-8,13-17H,9-12,26H2,1H3,(H,27,28)(H2,29,30,31,32,34)/t14-,15+,16+,17-. The van der Waals surface area contributed by atoms with Crippen LogP contribution in [0.2, 0.25) is 0 Å². The minimum atomic E-state index is -3.79. The van der Waals surface area contributed by atoms with Gasteiger partial charge in [0.05, 0.1) is 29.6 Å². The molecule has 0 bridgehead atoms. The number of carbonyl (C=O) groups is 1. The molecule has 2 aliphatic carbocycles. The summed E-state index contributed by atoms with van der Waals surface area (Å²) in [6.45, 7) is 0. The SMILES string of the molecule is COc1nsc(NC(=O)N[C@H]2C[C@@H]3C[C@@H](Nc4c(N)cnc5c4ccn5S(=O)(=O)c4ccccc4)C[C@@H]3C2)n1. The summed E-state index contributed by atoms with van der Waals surface area (Å²) in [4.78, 5) is 21.0. The summed E-state index contributed by atoms with van der Waals surface area (Å²) >= 11 is 1.07. The number of pyridine rings is 1. The highest BCUT2D eigenvalue weighted by molar-refractivity contribution is 7.90. The van der Waals surface area contributed by atoms with E-state index in [2.05, 4.69) is 30.3 Å². The second kappa shape index (κ2) is 10.0. The average Bonchev–Trinajstić information content (AvgIpc) is 3.70. The Morgan fingerprint density at radius 1 is 1.10 bits per heavy atom. The highest BCUT2D eigenvalue weighted by Gasteiger charge is 2.42. The Hall–Kier alpha value is -3.91. The van der Waals surface area contributed by atoms with Crippen LogP contribution in [0.15, 0.2) is 53.7 Å². The molecule has 2 aliphatic rings. The average molecular weight is 569 g/mol. The first-order valence-corrected chi connectivity index (χ1v) is 14.8. The van der Waals surface area contributed by atoms with Crippen molar-refractivity contribution in [1.82, 2.24) is 23.6 Å². The fourth-order valence-corrected chi connectivity index (χ4v) is 7.72. The van der Waals surface area contributed by atoms with Gasteiger partial charge in [0.15, 0.2) is 5.65 Å². The Kier molecular flexibility index (Phi) is 6.51. The van der Waals surface area contributed by atoms with Gasteiger partial charge in [-0.25, -0.2) is 22.2 Å². The molecule has 4 atom stereocenters. The molecule has 3 aromatic heterocycles. The van der Waals surface area contributed by atoms with Gasteiger partial charge in [-0.3, -0.25) is 5.32 Å². The molecule has 0 radical (unpaired) electrons. The molecule has 3 heterocycles. The molecule has 2 saturated carbocycles. The number of rotatable bonds is 7. The number of urea groups is 1. The van der Waals surface area contributed by atoms with Crippen molar-refractivity contribution in [1.29, 1.82) is 0 Å². The summed E-state index contributed by atoms with van der Waals surface area (Å²) in [7, 11) is -2.32. The van der Waals surface area contributed by atoms with Gasteiger partial charge in [0.25, 0.3) is 10.0 Å². The summed E-state index contributed by atoms with van der Waals surface area (Å²) in [6.07, 6.45) is 6.68. The second-order valence-electron chi connectivity index (χ2n) is 9.94. The van der Waals surface area contributed by atoms with E-state index >= 15 is 0 Å². The quantitative estimate of drug-likeness (QED) is 0.261. The van der Waals surface area contributed by atoms with Gasteiger partial charge < -0.3 is 21.1 Å². The molecule has 4 aromatic rings. The molecule has 2 fully saturated rings. The monoisotopic (exact) mass is 568 g/mol. The van der Waals surface area contributed by atoms with E-state index in [9.17, 15) is 13.2 Å². The minimum Gasteiger partial charge on any atom is -0.466 e. The predicted octanol–water partition coefficient (Wildman–Crippen LogP) is 3.51. The van der Waals surface area contributed by atoms with Crippen LogP contribution >= 0.6 is 11.5 Å². The zero-order valence-corrected chi connectivity index (χ0v) is 22.7. The number of nitrogens with zero attached hydrogens (tertiary/aromatic N) is 4. The first-order chi connectivity index (χ1) is 18.8. The van der Waals surface area contributed by atoms with E-state index in [1.54, 1.807) is 36.4 Å². The number of hydrogen-bond acceptors (Lipinski definition) is 10. The molecular formula is C25H28N8O4S2. The Morgan fingerprint density at radius 2 is 1.82 bits per heavy atom. The molecule has 1 aromatic carbocycles. The molecule has 6 rings (SSSR count). The molecule has 39 heavy (non-hydrogen) atoms. The number of aromatic nitrogens is 4. The van der Waals surface area contributed by atoms with Gasteiger partial charge in [0, 0.05) is 35.2 Å². The van der Waals surface area contributed by atoms with E-state index in [0.717, 1.165) is 37.2 Å². The number of fused-ring (bicyclic) bond motifs is 2. The lowest BCUT2D eigenvalue weighted by molar-refractivity contribution is 0.248. The molecule has 0 aliphatic heterocycles. The highest BCUT2D eigenvalue weighted by Crippen LogP contribution is 2.46. The number of nitrogen functional groups attached to an aromatic ring is 1. The van der Waals surface area contributed by atoms with Crippen molar-refractivity contribution < 1.29 is 17.9 Å². The van der Waals surface area contributed by atoms with Crippen molar-refractivity contribution in [2.45, 2.75) is 42.7 Å². The Labute approximate surface area is 229 Å². The third-order valence-electron chi connectivity index (χ3n) is 7.52. The third kappa shape index (κ3) is 4.85. The first kappa shape index (κ1) is 25.4.